The molecule has 0 fully saturated rings. The molecule has 0 bridgehead atoms. The first-order chi connectivity index (χ1) is 8.40. The van der Waals surface area contributed by atoms with E-state index in [1.54, 1.807) is 6.92 Å². The number of hydrogen-bond donors (Lipinski definition) is 2. The summed E-state index contributed by atoms with van der Waals surface area (Å²) in [6.07, 6.45) is 0.792. The fraction of sp³-hybridized carbons (Fsp3) is 0.455. The van der Waals surface area contributed by atoms with Crippen molar-refractivity contribution in [3.63, 3.8) is 0 Å². The van der Waals surface area contributed by atoms with Crippen LogP contribution in [0.1, 0.15) is 19.8 Å². The average Bonchev–Trinajstić information content (AvgIpc) is 2.27. The molecule has 1 rings (SSSR count). The summed E-state index contributed by atoms with van der Waals surface area (Å²) in [6, 6.07) is 2.95. The lowest BCUT2D eigenvalue weighted by Gasteiger charge is -2.16. The lowest BCUT2D eigenvalue weighted by molar-refractivity contribution is 0.270. The highest BCUT2D eigenvalue weighted by Gasteiger charge is 2.22. The molecule has 7 heteroatoms. The Labute approximate surface area is 111 Å². The van der Waals surface area contributed by atoms with Gasteiger partial charge in [0.15, 0.2) is 0 Å². The molecule has 1 aromatic carbocycles. The van der Waals surface area contributed by atoms with Gasteiger partial charge in [0, 0.05) is 17.7 Å². The minimum atomic E-state index is -3.94. The summed E-state index contributed by atoms with van der Waals surface area (Å²) in [7, 11) is -3.94. The van der Waals surface area contributed by atoms with E-state index in [0.29, 0.717) is 6.42 Å². The molecule has 102 valence electrons. The van der Waals surface area contributed by atoms with Gasteiger partial charge in [0.1, 0.15) is 10.7 Å². The Morgan fingerprint density at radius 1 is 1.50 bits per heavy atom. The summed E-state index contributed by atoms with van der Waals surface area (Å²) in [6.45, 7) is 1.64. The van der Waals surface area contributed by atoms with Gasteiger partial charge in [-0.3, -0.25) is 0 Å². The second-order valence-electron chi connectivity index (χ2n) is 3.81. The molecule has 0 spiro atoms. The zero-order chi connectivity index (χ0) is 13.8. The molecule has 18 heavy (non-hydrogen) atoms. The van der Waals surface area contributed by atoms with E-state index < -0.39 is 26.8 Å². The van der Waals surface area contributed by atoms with Crippen LogP contribution < -0.4 is 4.72 Å². The third-order valence-corrected chi connectivity index (χ3v) is 4.26. The molecule has 0 amide bonds. The van der Waals surface area contributed by atoms with Crippen molar-refractivity contribution < 1.29 is 17.9 Å². The van der Waals surface area contributed by atoms with Gasteiger partial charge in [0.25, 0.3) is 0 Å². The number of halogens is 2. The van der Waals surface area contributed by atoms with E-state index >= 15 is 0 Å². The van der Waals surface area contributed by atoms with E-state index in [1.165, 1.54) is 6.07 Å². The Morgan fingerprint density at radius 2 is 2.17 bits per heavy atom. The first-order valence-corrected chi connectivity index (χ1v) is 7.35. The maximum atomic E-state index is 13.5. The second-order valence-corrected chi connectivity index (χ2v) is 5.93. The normalized spacial score (nSPS) is 13.6. The lowest BCUT2D eigenvalue weighted by atomic mass is 10.2. The third kappa shape index (κ3) is 3.91. The number of benzene rings is 1. The molecule has 1 aromatic rings. The van der Waals surface area contributed by atoms with Crippen LogP contribution in [0.4, 0.5) is 4.39 Å². The Balaban J connectivity index is 2.99. The van der Waals surface area contributed by atoms with E-state index in [2.05, 4.69) is 4.72 Å². The summed E-state index contributed by atoms with van der Waals surface area (Å²) >= 11 is 5.56. The first-order valence-electron chi connectivity index (χ1n) is 5.49. The Kier molecular flexibility index (Phi) is 5.52. The molecule has 0 saturated carbocycles. The van der Waals surface area contributed by atoms with Crippen LogP contribution in [0.15, 0.2) is 23.1 Å². The monoisotopic (exact) mass is 295 g/mol. The van der Waals surface area contributed by atoms with Gasteiger partial charge in [-0.1, -0.05) is 18.5 Å². The average molecular weight is 296 g/mol. The molecular weight excluding hydrogens is 281 g/mol. The predicted molar refractivity (Wildman–Crippen MR) is 67.5 cm³/mol. The van der Waals surface area contributed by atoms with Gasteiger partial charge in [-0.05, 0) is 31.0 Å². The number of aliphatic hydroxyl groups excluding tert-OH is 1. The van der Waals surface area contributed by atoms with E-state index in [-0.39, 0.29) is 18.1 Å². The van der Waals surface area contributed by atoms with E-state index in [9.17, 15) is 12.8 Å². The summed E-state index contributed by atoms with van der Waals surface area (Å²) < 4.78 is 39.7. The van der Waals surface area contributed by atoms with Gasteiger partial charge in [0.2, 0.25) is 10.0 Å². The van der Waals surface area contributed by atoms with Crippen LogP contribution in [0.5, 0.6) is 0 Å². The molecule has 0 aliphatic heterocycles. The Bertz CT molecular complexity index is 507. The zero-order valence-electron chi connectivity index (χ0n) is 9.86. The SMILES string of the molecule is CCC(CCO)NS(=O)(=O)c1ccc(Cl)cc1F. The van der Waals surface area contributed by atoms with Crippen molar-refractivity contribution in [2.75, 3.05) is 6.61 Å². The molecule has 0 heterocycles. The smallest absolute Gasteiger partial charge is 0.243 e. The van der Waals surface area contributed by atoms with E-state index in [0.717, 1.165) is 12.1 Å². The van der Waals surface area contributed by atoms with Gasteiger partial charge < -0.3 is 5.11 Å². The molecule has 4 nitrogen and oxygen atoms in total. The molecule has 2 N–H and O–H groups in total. The second kappa shape index (κ2) is 6.47. The molecule has 0 aliphatic rings. The Hall–Kier alpha value is -0.690. The van der Waals surface area contributed by atoms with Crippen molar-refractivity contribution in [1.29, 1.82) is 0 Å². The highest BCUT2D eigenvalue weighted by atomic mass is 35.5. The van der Waals surface area contributed by atoms with Crippen LogP contribution in [0.25, 0.3) is 0 Å². The number of nitrogens with one attached hydrogen (secondary N) is 1. The molecule has 1 atom stereocenters. The summed E-state index contributed by atoms with van der Waals surface area (Å²) in [5.41, 5.74) is 0. The fourth-order valence-electron chi connectivity index (χ4n) is 1.48. The third-order valence-electron chi connectivity index (χ3n) is 2.48. The first kappa shape index (κ1) is 15.4. The van der Waals surface area contributed by atoms with Crippen LogP contribution in [0, 0.1) is 5.82 Å². The van der Waals surface area contributed by atoms with Gasteiger partial charge >= 0.3 is 0 Å². The van der Waals surface area contributed by atoms with Crippen LogP contribution in [0.2, 0.25) is 5.02 Å². The van der Waals surface area contributed by atoms with Gasteiger partial charge in [-0.15, -0.1) is 0 Å². The maximum Gasteiger partial charge on any atom is 0.243 e. The minimum absolute atomic E-state index is 0.133. The van der Waals surface area contributed by atoms with Crippen LogP contribution >= 0.6 is 11.6 Å². The number of rotatable bonds is 6. The van der Waals surface area contributed by atoms with Crippen LogP contribution in [0.3, 0.4) is 0 Å². The highest BCUT2D eigenvalue weighted by molar-refractivity contribution is 7.89. The molecule has 0 radical (unpaired) electrons. The van der Waals surface area contributed by atoms with Crippen molar-refractivity contribution in [2.24, 2.45) is 0 Å². The Morgan fingerprint density at radius 3 is 2.67 bits per heavy atom. The van der Waals surface area contributed by atoms with Crippen molar-refractivity contribution in [1.82, 2.24) is 4.72 Å². The quantitative estimate of drug-likeness (QED) is 0.842. The maximum absolute atomic E-state index is 13.5. The molecule has 0 aromatic heterocycles. The summed E-state index contributed by atoms with van der Waals surface area (Å²) in [5, 5.41) is 8.93. The predicted octanol–water partition coefficient (Wildman–Crippen LogP) is 1.92. The van der Waals surface area contributed by atoms with Crippen molar-refractivity contribution >= 4 is 21.6 Å². The molecule has 1 unspecified atom stereocenters. The van der Waals surface area contributed by atoms with E-state index in [4.69, 9.17) is 16.7 Å². The lowest BCUT2D eigenvalue weighted by Crippen LogP contribution is -2.35. The van der Waals surface area contributed by atoms with Crippen molar-refractivity contribution in [2.45, 2.75) is 30.7 Å². The minimum Gasteiger partial charge on any atom is -0.396 e. The van der Waals surface area contributed by atoms with Crippen LogP contribution in [-0.4, -0.2) is 26.2 Å². The van der Waals surface area contributed by atoms with Crippen LogP contribution in [-0.2, 0) is 10.0 Å². The zero-order valence-corrected chi connectivity index (χ0v) is 11.4. The van der Waals surface area contributed by atoms with E-state index in [1.807, 2.05) is 0 Å². The van der Waals surface area contributed by atoms with Gasteiger partial charge in [0.05, 0.1) is 0 Å². The van der Waals surface area contributed by atoms with Crippen molar-refractivity contribution in [3.05, 3.63) is 29.0 Å². The largest absolute Gasteiger partial charge is 0.396 e. The standard InChI is InChI=1S/C11H15ClFNO3S/c1-2-9(5-6-15)14-18(16,17)11-4-3-8(12)7-10(11)13/h3-4,7,9,14-15H,2,5-6H2,1H3. The number of hydrogen-bond acceptors (Lipinski definition) is 3. The summed E-state index contributed by atoms with van der Waals surface area (Å²) in [5.74, 6) is -0.895. The summed E-state index contributed by atoms with van der Waals surface area (Å²) in [4.78, 5) is -0.441. The number of sulfonamides is 1. The molecule has 0 aliphatic carbocycles. The van der Waals surface area contributed by atoms with Gasteiger partial charge in [-0.25, -0.2) is 17.5 Å². The van der Waals surface area contributed by atoms with Gasteiger partial charge in [-0.2, -0.15) is 0 Å². The fourth-order valence-corrected chi connectivity index (χ4v) is 3.05. The highest BCUT2D eigenvalue weighted by Crippen LogP contribution is 2.19. The number of aliphatic hydroxyl groups is 1. The van der Waals surface area contributed by atoms with Crippen molar-refractivity contribution in [3.8, 4) is 0 Å². The molecular formula is C11H15ClFNO3S. The molecule has 0 saturated heterocycles. The topological polar surface area (TPSA) is 66.4 Å².